The zero-order valence-corrected chi connectivity index (χ0v) is 14.7. The third-order valence-corrected chi connectivity index (χ3v) is 5.98. The van der Waals surface area contributed by atoms with Crippen LogP contribution in [0, 0.1) is 0 Å². The summed E-state index contributed by atoms with van der Waals surface area (Å²) in [4.78, 5) is 26.5. The van der Waals surface area contributed by atoms with Crippen molar-refractivity contribution in [3.05, 3.63) is 41.3 Å². The molecule has 8 heteroatoms. The zero-order valence-electron chi connectivity index (χ0n) is 13.9. The molecule has 2 amide bonds. The molecule has 7 nitrogen and oxygen atoms in total. The van der Waals surface area contributed by atoms with Crippen molar-refractivity contribution in [3.63, 3.8) is 0 Å². The van der Waals surface area contributed by atoms with Gasteiger partial charge < -0.3 is 0 Å². The molecule has 3 rings (SSSR count). The summed E-state index contributed by atoms with van der Waals surface area (Å²) < 4.78 is 26.3. The van der Waals surface area contributed by atoms with E-state index in [-0.39, 0.29) is 31.3 Å². The topological polar surface area (TPSA) is 78.0 Å². The van der Waals surface area contributed by atoms with Gasteiger partial charge in [0.25, 0.3) is 0 Å². The first-order chi connectivity index (χ1) is 12.0. The van der Waals surface area contributed by atoms with Gasteiger partial charge in [-0.1, -0.05) is 30.3 Å². The van der Waals surface area contributed by atoms with Crippen LogP contribution in [-0.4, -0.2) is 67.2 Å². The van der Waals surface area contributed by atoms with E-state index in [1.54, 1.807) is 6.08 Å². The second kappa shape index (κ2) is 7.47. The Morgan fingerprint density at radius 1 is 0.920 bits per heavy atom. The number of rotatable bonds is 5. The lowest BCUT2D eigenvalue weighted by Crippen LogP contribution is -2.51. The van der Waals surface area contributed by atoms with Gasteiger partial charge in [-0.25, -0.2) is 8.42 Å². The van der Waals surface area contributed by atoms with Crippen molar-refractivity contribution in [1.29, 1.82) is 0 Å². The summed E-state index contributed by atoms with van der Waals surface area (Å²) in [7, 11) is -3.48. The highest BCUT2D eigenvalue weighted by atomic mass is 32.2. The van der Waals surface area contributed by atoms with Gasteiger partial charge >= 0.3 is 0 Å². The Kier molecular flexibility index (Phi) is 5.31. The number of imide groups is 1. The Balaban J connectivity index is 1.55. The van der Waals surface area contributed by atoms with E-state index < -0.39 is 10.0 Å². The van der Waals surface area contributed by atoms with Crippen LogP contribution in [0.4, 0.5) is 0 Å². The predicted octanol–water partition coefficient (Wildman–Crippen LogP) is 0.711. The van der Waals surface area contributed by atoms with Crippen molar-refractivity contribution in [1.82, 2.24) is 14.1 Å². The maximum absolute atomic E-state index is 12.4. The highest BCUT2D eigenvalue weighted by Gasteiger charge is 2.32. The number of carbonyl (C=O) groups is 2. The molecule has 0 bridgehead atoms. The molecule has 0 N–H and O–H groups in total. The van der Waals surface area contributed by atoms with E-state index in [2.05, 4.69) is 0 Å². The molecule has 2 fully saturated rings. The number of hydrogen-bond acceptors (Lipinski definition) is 5. The van der Waals surface area contributed by atoms with Crippen LogP contribution in [0.15, 0.2) is 35.7 Å². The highest BCUT2D eigenvalue weighted by Crippen LogP contribution is 2.15. The van der Waals surface area contributed by atoms with Crippen LogP contribution >= 0.6 is 0 Å². The summed E-state index contributed by atoms with van der Waals surface area (Å²) in [6.07, 6.45) is 2.14. The molecule has 2 aliphatic rings. The minimum Gasteiger partial charge on any atom is -0.283 e. The highest BCUT2D eigenvalue weighted by molar-refractivity contribution is 7.92. The predicted molar refractivity (Wildman–Crippen MR) is 93.5 cm³/mol. The van der Waals surface area contributed by atoms with Gasteiger partial charge in [0, 0.05) is 44.4 Å². The van der Waals surface area contributed by atoms with Crippen LogP contribution < -0.4 is 0 Å². The first kappa shape index (κ1) is 17.8. The molecule has 25 heavy (non-hydrogen) atoms. The van der Waals surface area contributed by atoms with Crippen LogP contribution in [0.25, 0.3) is 6.08 Å². The van der Waals surface area contributed by atoms with Gasteiger partial charge in [-0.3, -0.25) is 19.4 Å². The third kappa shape index (κ3) is 4.33. The summed E-state index contributed by atoms with van der Waals surface area (Å²) in [5.74, 6) is -0.295. The number of nitrogens with zero attached hydrogens (tertiary/aromatic N) is 3. The fraction of sp³-hybridized carbons (Fsp3) is 0.412. The number of benzene rings is 1. The van der Waals surface area contributed by atoms with E-state index in [1.165, 1.54) is 14.6 Å². The molecule has 2 saturated heterocycles. The lowest BCUT2D eigenvalue weighted by atomic mass is 10.2. The lowest BCUT2D eigenvalue weighted by Gasteiger charge is -2.34. The molecule has 2 aliphatic heterocycles. The van der Waals surface area contributed by atoms with Gasteiger partial charge in [0.05, 0.1) is 6.67 Å². The van der Waals surface area contributed by atoms with Crippen molar-refractivity contribution in [2.75, 3.05) is 32.8 Å². The van der Waals surface area contributed by atoms with Crippen molar-refractivity contribution >= 4 is 27.9 Å². The third-order valence-electron chi connectivity index (χ3n) is 4.42. The Labute approximate surface area is 147 Å². The second-order valence-corrected chi connectivity index (χ2v) is 7.95. The summed E-state index contributed by atoms with van der Waals surface area (Å²) in [6.45, 7) is 1.94. The Hall–Kier alpha value is -2.03. The molecule has 1 aromatic rings. The molecule has 1 aromatic carbocycles. The second-order valence-electron chi connectivity index (χ2n) is 6.13. The maximum Gasteiger partial charge on any atom is 0.236 e. The van der Waals surface area contributed by atoms with Crippen LogP contribution in [-0.2, 0) is 19.6 Å². The van der Waals surface area contributed by atoms with Gasteiger partial charge in [-0.2, -0.15) is 4.31 Å². The van der Waals surface area contributed by atoms with Crippen molar-refractivity contribution in [3.8, 4) is 0 Å². The molecular weight excluding hydrogens is 342 g/mol. The average Bonchev–Trinajstić information content (AvgIpc) is 2.93. The van der Waals surface area contributed by atoms with Crippen LogP contribution in [0.1, 0.15) is 18.4 Å². The summed E-state index contributed by atoms with van der Waals surface area (Å²) in [6, 6.07) is 9.26. The normalized spacial score (nSPS) is 20.7. The maximum atomic E-state index is 12.4. The fourth-order valence-corrected chi connectivity index (χ4v) is 4.09. The first-order valence-corrected chi connectivity index (χ1v) is 9.75. The number of likely N-dealkylation sites (tertiary alicyclic amines) is 1. The molecule has 0 atom stereocenters. The Morgan fingerprint density at radius 3 is 2.12 bits per heavy atom. The summed E-state index contributed by atoms with van der Waals surface area (Å²) >= 11 is 0. The number of amides is 2. The molecule has 0 aromatic heterocycles. The average molecular weight is 363 g/mol. The molecule has 0 unspecified atom stereocenters. The minimum atomic E-state index is -3.48. The van der Waals surface area contributed by atoms with Crippen molar-refractivity contribution in [2.24, 2.45) is 0 Å². The van der Waals surface area contributed by atoms with Crippen molar-refractivity contribution < 1.29 is 18.0 Å². The molecule has 0 radical (unpaired) electrons. The Morgan fingerprint density at radius 2 is 1.52 bits per heavy atom. The van der Waals surface area contributed by atoms with E-state index in [0.717, 1.165) is 5.56 Å². The number of carbonyl (C=O) groups excluding carboxylic acids is 2. The van der Waals surface area contributed by atoms with Gasteiger partial charge in [0.15, 0.2) is 0 Å². The first-order valence-electron chi connectivity index (χ1n) is 8.24. The molecule has 0 aliphatic carbocycles. The quantitative estimate of drug-likeness (QED) is 0.720. The molecule has 0 saturated carbocycles. The van der Waals surface area contributed by atoms with Crippen LogP contribution in [0.3, 0.4) is 0 Å². The minimum absolute atomic E-state index is 0.147. The van der Waals surface area contributed by atoms with Gasteiger partial charge in [0.2, 0.25) is 21.8 Å². The molecular formula is C17H21N3O4S. The standard InChI is InChI=1S/C17H21N3O4S/c21-16-6-7-17(22)20(16)14-18-9-11-19(12-10-18)25(23,24)13-8-15-4-2-1-3-5-15/h1-5,8,13H,6-7,9-12,14H2/b13-8+. The van der Waals surface area contributed by atoms with E-state index in [4.69, 9.17) is 0 Å². The molecule has 134 valence electrons. The Bertz CT molecular complexity index is 752. The molecule has 2 heterocycles. The van der Waals surface area contributed by atoms with E-state index in [1.807, 2.05) is 35.2 Å². The summed E-state index contributed by atoms with van der Waals surface area (Å²) in [5.41, 5.74) is 0.829. The molecule has 0 spiro atoms. The number of piperazine rings is 1. The monoisotopic (exact) mass is 363 g/mol. The number of sulfonamides is 1. The lowest BCUT2D eigenvalue weighted by molar-refractivity contribution is -0.141. The zero-order chi connectivity index (χ0) is 17.9. The van der Waals surface area contributed by atoms with E-state index in [9.17, 15) is 18.0 Å². The smallest absolute Gasteiger partial charge is 0.236 e. The van der Waals surface area contributed by atoms with E-state index >= 15 is 0 Å². The number of hydrogen-bond donors (Lipinski definition) is 0. The fourth-order valence-electron chi connectivity index (χ4n) is 2.92. The largest absolute Gasteiger partial charge is 0.283 e. The van der Waals surface area contributed by atoms with Crippen LogP contribution in [0.2, 0.25) is 0 Å². The van der Waals surface area contributed by atoms with Crippen LogP contribution in [0.5, 0.6) is 0 Å². The summed E-state index contributed by atoms with van der Waals surface area (Å²) in [5, 5.41) is 1.23. The SMILES string of the molecule is O=C1CCC(=O)N1CN1CCN(S(=O)(=O)/C=C/c2ccccc2)CC1. The van der Waals surface area contributed by atoms with Gasteiger partial charge in [0.1, 0.15) is 0 Å². The van der Waals surface area contributed by atoms with Gasteiger partial charge in [-0.15, -0.1) is 0 Å². The van der Waals surface area contributed by atoms with E-state index in [0.29, 0.717) is 26.2 Å². The van der Waals surface area contributed by atoms with Gasteiger partial charge in [-0.05, 0) is 11.6 Å². The van der Waals surface area contributed by atoms with Crippen molar-refractivity contribution in [2.45, 2.75) is 12.8 Å².